The van der Waals surface area contributed by atoms with Crippen molar-refractivity contribution in [2.45, 2.75) is 122 Å². The van der Waals surface area contributed by atoms with Crippen LogP contribution in [0, 0.1) is 0 Å². The second kappa shape index (κ2) is 14.6. The van der Waals surface area contributed by atoms with Crippen molar-refractivity contribution in [2.75, 3.05) is 0 Å². The first-order valence-electron chi connectivity index (χ1n) is 11.5. The van der Waals surface area contributed by atoms with Crippen molar-refractivity contribution in [1.29, 1.82) is 0 Å². The van der Waals surface area contributed by atoms with Crippen LogP contribution < -0.4 is 5.73 Å². The van der Waals surface area contributed by atoms with Crippen LogP contribution in [-0.4, -0.2) is 44.8 Å². The van der Waals surface area contributed by atoms with Gasteiger partial charge in [-0.1, -0.05) is 83.3 Å². The predicted molar refractivity (Wildman–Crippen MR) is 120 cm³/mol. The molecule has 0 saturated carbocycles. The predicted octanol–water partition coefficient (Wildman–Crippen LogP) is 3.80. The molecule has 0 radical (unpaired) electrons. The van der Waals surface area contributed by atoms with E-state index in [0.717, 1.165) is 40.0 Å². The number of hydrogen-bond donors (Lipinski definition) is 3. The van der Waals surface area contributed by atoms with Gasteiger partial charge in [0.25, 0.3) is 0 Å². The van der Waals surface area contributed by atoms with Gasteiger partial charge in [-0.25, -0.2) is 0 Å². The van der Waals surface area contributed by atoms with Gasteiger partial charge in [-0.05, 0) is 33.6 Å². The molecule has 0 fully saturated rings. The highest BCUT2D eigenvalue weighted by Crippen LogP contribution is 2.28. The second-order valence-corrected chi connectivity index (χ2v) is 8.45. The van der Waals surface area contributed by atoms with E-state index in [2.05, 4.69) is 6.92 Å². The Morgan fingerprint density at radius 2 is 1.20 bits per heavy atom. The zero-order valence-electron chi connectivity index (χ0n) is 19.4. The largest absolute Gasteiger partial charge is 0.386 e. The summed E-state index contributed by atoms with van der Waals surface area (Å²) in [6, 6.07) is 0. The van der Waals surface area contributed by atoms with E-state index in [4.69, 9.17) is 5.73 Å². The average Bonchev–Trinajstić information content (AvgIpc) is 2.69. The van der Waals surface area contributed by atoms with Gasteiger partial charge in [-0.2, -0.15) is 0 Å². The highest BCUT2D eigenvalue weighted by molar-refractivity contribution is 6.15. The van der Waals surface area contributed by atoms with Crippen LogP contribution in [0.5, 0.6) is 0 Å². The second-order valence-electron chi connectivity index (χ2n) is 8.45. The molecule has 0 bridgehead atoms. The molecule has 6 heteroatoms. The summed E-state index contributed by atoms with van der Waals surface area (Å²) in [6.07, 6.45) is 15.6. The molecule has 6 nitrogen and oxygen atoms in total. The van der Waals surface area contributed by atoms with E-state index in [1.807, 2.05) is 0 Å². The smallest absolute Gasteiger partial charge is 0.208 e. The van der Waals surface area contributed by atoms with Gasteiger partial charge in [-0.15, -0.1) is 0 Å². The number of aliphatic hydroxyl groups is 2. The van der Waals surface area contributed by atoms with Gasteiger partial charge in [0.05, 0.1) is 0 Å². The summed E-state index contributed by atoms with van der Waals surface area (Å²) < 4.78 is 0. The maximum absolute atomic E-state index is 12.1. The fraction of sp³-hybridized carbons (Fsp3) is 0.792. The summed E-state index contributed by atoms with van der Waals surface area (Å²) in [5.74, 6) is -2.77. The molecule has 0 unspecified atom stereocenters. The number of unbranched alkanes of at least 4 members (excludes halogenated alkanes) is 11. The Bertz CT molecular complexity index is 558. The number of rotatable bonds is 18. The molecule has 0 heterocycles. The van der Waals surface area contributed by atoms with E-state index in [9.17, 15) is 24.6 Å². The summed E-state index contributed by atoms with van der Waals surface area (Å²) in [5.41, 5.74) is 0.786. The van der Waals surface area contributed by atoms with Crippen molar-refractivity contribution >= 4 is 17.3 Å². The molecule has 0 rings (SSSR count). The Hall–Kier alpha value is -1.37. The van der Waals surface area contributed by atoms with Crippen LogP contribution in [0.4, 0.5) is 0 Å². The third kappa shape index (κ3) is 8.05. The third-order valence-electron chi connectivity index (χ3n) is 5.96. The Balaban J connectivity index is 4.42. The fourth-order valence-electron chi connectivity index (χ4n) is 3.81. The number of nitrogens with two attached hydrogens (primary N) is 1. The highest BCUT2D eigenvalue weighted by Gasteiger charge is 2.61. The van der Waals surface area contributed by atoms with Crippen LogP contribution in [0.2, 0.25) is 0 Å². The molecule has 0 aromatic carbocycles. The minimum absolute atomic E-state index is 0.681. The van der Waals surface area contributed by atoms with E-state index in [0.29, 0.717) is 6.42 Å². The van der Waals surface area contributed by atoms with Crippen LogP contribution in [0.1, 0.15) is 105 Å². The summed E-state index contributed by atoms with van der Waals surface area (Å²) in [4.78, 5) is 35.9. The normalized spacial score (nSPS) is 15.2. The monoisotopic (exact) mass is 425 g/mol. The first-order valence-corrected chi connectivity index (χ1v) is 11.5. The molecule has 0 aliphatic heterocycles. The number of allylic oxidation sites excluding steroid dienone is 1. The molecule has 30 heavy (non-hydrogen) atoms. The van der Waals surface area contributed by atoms with E-state index in [1.165, 1.54) is 57.4 Å². The maximum Gasteiger partial charge on any atom is 0.208 e. The molecule has 0 aliphatic carbocycles. The standard InChI is InChI=1S/C24H43NO5/c1-5-6-7-8-9-10-11-12-13-14-15-16-17-18-22(29)23(25,19(2)26)24(30,20(3)27)21(4)28/h17-18,22,29-30H,5-16,25H2,1-4H3/b18-17+/t22-,23+/m1/s1. The molecular formula is C24H43NO5. The van der Waals surface area contributed by atoms with Gasteiger partial charge in [0, 0.05) is 0 Å². The number of aliphatic hydroxyl groups excluding tert-OH is 1. The first-order chi connectivity index (χ1) is 14.1. The summed E-state index contributed by atoms with van der Waals surface area (Å²) in [5, 5.41) is 21.0. The fourth-order valence-corrected chi connectivity index (χ4v) is 3.81. The third-order valence-corrected chi connectivity index (χ3v) is 5.96. The van der Waals surface area contributed by atoms with Gasteiger partial charge in [0.1, 0.15) is 11.6 Å². The van der Waals surface area contributed by atoms with E-state index in [1.54, 1.807) is 6.08 Å². The summed E-state index contributed by atoms with van der Waals surface area (Å²) in [7, 11) is 0. The van der Waals surface area contributed by atoms with E-state index < -0.39 is 34.6 Å². The van der Waals surface area contributed by atoms with Gasteiger partial charge >= 0.3 is 0 Å². The molecular weight excluding hydrogens is 382 g/mol. The molecule has 0 aliphatic rings. The molecule has 0 amide bonds. The minimum atomic E-state index is -2.76. The quantitative estimate of drug-likeness (QED) is 0.175. The summed E-state index contributed by atoms with van der Waals surface area (Å²) in [6.45, 7) is 5.24. The number of Topliss-reactive ketones (excluding diaryl/α,β-unsaturated/α-hetero) is 3. The maximum atomic E-state index is 12.1. The number of carbonyl (C=O) groups is 3. The molecule has 0 aromatic rings. The van der Waals surface area contributed by atoms with Gasteiger partial charge in [0.15, 0.2) is 17.3 Å². The molecule has 0 saturated heterocycles. The van der Waals surface area contributed by atoms with Crippen molar-refractivity contribution in [3.63, 3.8) is 0 Å². The summed E-state index contributed by atoms with van der Waals surface area (Å²) >= 11 is 0. The van der Waals surface area contributed by atoms with Crippen LogP contribution in [0.25, 0.3) is 0 Å². The zero-order valence-corrected chi connectivity index (χ0v) is 19.4. The Morgan fingerprint density at radius 1 is 0.800 bits per heavy atom. The van der Waals surface area contributed by atoms with Crippen LogP contribution in [0.15, 0.2) is 12.2 Å². The van der Waals surface area contributed by atoms with Gasteiger partial charge < -0.3 is 15.9 Å². The van der Waals surface area contributed by atoms with Crippen molar-refractivity contribution in [3.8, 4) is 0 Å². The molecule has 0 spiro atoms. The van der Waals surface area contributed by atoms with E-state index in [-0.39, 0.29) is 0 Å². The average molecular weight is 426 g/mol. The lowest BCUT2D eigenvalue weighted by Gasteiger charge is -2.41. The van der Waals surface area contributed by atoms with Crippen LogP contribution in [0.3, 0.4) is 0 Å². The molecule has 174 valence electrons. The number of ketones is 3. The SMILES string of the molecule is CCCCCCCCCCCCC/C=C/[C@@H](O)[C@@](N)(C(C)=O)C(O)(C(C)=O)C(C)=O. The lowest BCUT2D eigenvalue weighted by molar-refractivity contribution is -0.166. The van der Waals surface area contributed by atoms with Crippen molar-refractivity contribution < 1.29 is 24.6 Å². The minimum Gasteiger partial charge on any atom is -0.386 e. The lowest BCUT2D eigenvalue weighted by Crippen LogP contribution is -2.75. The lowest BCUT2D eigenvalue weighted by atomic mass is 9.69. The Morgan fingerprint density at radius 3 is 1.57 bits per heavy atom. The van der Waals surface area contributed by atoms with Crippen molar-refractivity contribution in [2.24, 2.45) is 5.73 Å². The zero-order chi connectivity index (χ0) is 23.2. The molecule has 4 N–H and O–H groups in total. The van der Waals surface area contributed by atoms with Crippen LogP contribution >= 0.6 is 0 Å². The van der Waals surface area contributed by atoms with Crippen molar-refractivity contribution in [3.05, 3.63) is 12.2 Å². The van der Waals surface area contributed by atoms with Crippen LogP contribution in [-0.2, 0) is 14.4 Å². The number of hydrogen-bond acceptors (Lipinski definition) is 6. The van der Waals surface area contributed by atoms with Gasteiger partial charge in [-0.3, -0.25) is 14.4 Å². The molecule has 2 atom stereocenters. The Kier molecular flexibility index (Phi) is 13.9. The van der Waals surface area contributed by atoms with Gasteiger partial charge in [0.2, 0.25) is 5.60 Å². The van der Waals surface area contributed by atoms with Crippen molar-refractivity contribution in [1.82, 2.24) is 0 Å². The Labute approximate surface area is 182 Å². The highest BCUT2D eigenvalue weighted by atomic mass is 16.3. The topological polar surface area (TPSA) is 118 Å². The first kappa shape index (κ1) is 28.6. The van der Waals surface area contributed by atoms with E-state index >= 15 is 0 Å². The molecule has 0 aromatic heterocycles. The number of carbonyl (C=O) groups excluding carboxylic acids is 3.